The van der Waals surface area contributed by atoms with Crippen molar-refractivity contribution in [3.63, 3.8) is 0 Å². The zero-order valence-electron chi connectivity index (χ0n) is 17.2. The van der Waals surface area contributed by atoms with Gasteiger partial charge < -0.3 is 10.6 Å². The molecule has 2 heterocycles. The molecule has 0 spiro atoms. The van der Waals surface area contributed by atoms with Gasteiger partial charge in [-0.25, -0.2) is 8.42 Å². The van der Waals surface area contributed by atoms with E-state index >= 15 is 0 Å². The quantitative estimate of drug-likeness (QED) is 0.689. The second kappa shape index (κ2) is 8.97. The predicted molar refractivity (Wildman–Crippen MR) is 111 cm³/mol. The van der Waals surface area contributed by atoms with E-state index in [1.807, 2.05) is 0 Å². The van der Waals surface area contributed by atoms with Crippen LogP contribution in [-0.4, -0.2) is 59.3 Å². The number of carbonyl (C=O) groups excluding carboxylic acids is 2. The Morgan fingerprint density at radius 2 is 1.87 bits per heavy atom. The molecule has 1 fully saturated rings. The first-order valence-electron chi connectivity index (χ1n) is 10.1. The maximum absolute atomic E-state index is 13.2. The van der Waals surface area contributed by atoms with Gasteiger partial charge in [0.25, 0.3) is 11.8 Å². The van der Waals surface area contributed by atoms with Crippen LogP contribution in [0.3, 0.4) is 0 Å². The maximum atomic E-state index is 13.2. The summed E-state index contributed by atoms with van der Waals surface area (Å²) in [4.78, 5) is 26.4. The summed E-state index contributed by atoms with van der Waals surface area (Å²) in [5.41, 5.74) is 6.49. The number of nitrogens with one attached hydrogen (secondary N) is 1. The maximum Gasteiger partial charge on any atom is 0.269 e. The number of amides is 2. The number of likely N-dealkylation sites (tertiary alicyclic amines) is 1. The lowest BCUT2D eigenvalue weighted by Crippen LogP contribution is -2.38. The van der Waals surface area contributed by atoms with E-state index in [0.717, 1.165) is 19.3 Å². The summed E-state index contributed by atoms with van der Waals surface area (Å²) in [7, 11) is -3.58. The van der Waals surface area contributed by atoms with Gasteiger partial charge in [0.15, 0.2) is 0 Å². The van der Waals surface area contributed by atoms with Crippen molar-refractivity contribution in [2.75, 3.05) is 19.6 Å². The van der Waals surface area contributed by atoms with Gasteiger partial charge in [0.1, 0.15) is 5.69 Å². The van der Waals surface area contributed by atoms with Crippen LogP contribution in [0.2, 0.25) is 0 Å². The SMILES string of the molecule is CCN(CC)S(=O)(=O)c1ccc(C(=O)N2CCCCC2c2cc(C(N)=O)n[nH]2)cc1. The molecule has 1 atom stereocenters. The summed E-state index contributed by atoms with van der Waals surface area (Å²) < 4.78 is 26.7. The van der Waals surface area contributed by atoms with E-state index in [0.29, 0.717) is 30.9 Å². The van der Waals surface area contributed by atoms with E-state index in [1.165, 1.54) is 16.4 Å². The van der Waals surface area contributed by atoms with E-state index in [9.17, 15) is 18.0 Å². The largest absolute Gasteiger partial charge is 0.364 e. The van der Waals surface area contributed by atoms with Gasteiger partial charge in [-0.05, 0) is 49.6 Å². The lowest BCUT2D eigenvalue weighted by atomic mass is 9.98. The van der Waals surface area contributed by atoms with Crippen LogP contribution < -0.4 is 5.73 Å². The highest BCUT2D eigenvalue weighted by atomic mass is 32.2. The zero-order chi connectivity index (χ0) is 21.9. The van der Waals surface area contributed by atoms with Crippen molar-refractivity contribution >= 4 is 21.8 Å². The molecule has 1 aliphatic rings. The van der Waals surface area contributed by atoms with Crippen LogP contribution in [0.25, 0.3) is 0 Å². The van der Waals surface area contributed by atoms with Crippen molar-refractivity contribution in [2.24, 2.45) is 5.73 Å². The van der Waals surface area contributed by atoms with Gasteiger partial charge in [0.2, 0.25) is 10.0 Å². The Kier molecular flexibility index (Phi) is 6.57. The second-order valence-electron chi connectivity index (χ2n) is 7.20. The number of nitrogens with two attached hydrogens (primary N) is 1. The first-order valence-corrected chi connectivity index (χ1v) is 11.5. The minimum absolute atomic E-state index is 0.133. The number of H-pyrrole nitrogens is 1. The molecule has 3 rings (SSSR count). The number of hydrogen-bond acceptors (Lipinski definition) is 5. The molecular weight excluding hydrogens is 406 g/mol. The number of primary amides is 1. The van der Waals surface area contributed by atoms with E-state index in [4.69, 9.17) is 5.73 Å². The van der Waals surface area contributed by atoms with E-state index in [1.54, 1.807) is 36.9 Å². The summed E-state index contributed by atoms with van der Waals surface area (Å²) in [5, 5.41) is 6.74. The second-order valence-corrected chi connectivity index (χ2v) is 9.13. The molecule has 1 unspecified atom stereocenters. The Hall–Kier alpha value is -2.72. The molecule has 1 aromatic heterocycles. The highest BCUT2D eigenvalue weighted by Gasteiger charge is 2.31. The first-order chi connectivity index (χ1) is 14.3. The topological polar surface area (TPSA) is 129 Å². The standard InChI is InChI=1S/C20H27N5O4S/c1-3-24(4-2)30(28,29)15-10-8-14(9-11-15)20(27)25-12-6-5-7-18(25)16-13-17(19(21)26)23-22-16/h8-11,13,18H,3-7,12H2,1-2H3,(H2,21,26)(H,22,23). The van der Waals surface area contributed by atoms with Gasteiger partial charge in [0, 0.05) is 25.2 Å². The van der Waals surface area contributed by atoms with Gasteiger partial charge >= 0.3 is 0 Å². The van der Waals surface area contributed by atoms with Crippen molar-refractivity contribution in [1.82, 2.24) is 19.4 Å². The number of hydrogen-bond donors (Lipinski definition) is 2. The Morgan fingerprint density at radius 1 is 1.20 bits per heavy atom. The molecule has 9 nitrogen and oxygen atoms in total. The lowest BCUT2D eigenvalue weighted by molar-refractivity contribution is 0.0606. The molecule has 1 saturated heterocycles. The van der Waals surface area contributed by atoms with E-state index in [2.05, 4.69) is 10.2 Å². The molecule has 0 saturated carbocycles. The number of carbonyl (C=O) groups is 2. The lowest BCUT2D eigenvalue weighted by Gasteiger charge is -2.35. The predicted octanol–water partition coefficient (Wildman–Crippen LogP) is 1.91. The summed E-state index contributed by atoms with van der Waals surface area (Å²) in [6, 6.07) is 7.38. The molecule has 0 bridgehead atoms. The molecule has 0 aliphatic carbocycles. The Bertz CT molecular complexity index is 1010. The van der Waals surface area contributed by atoms with Crippen molar-refractivity contribution in [1.29, 1.82) is 0 Å². The number of aromatic nitrogens is 2. The zero-order valence-corrected chi connectivity index (χ0v) is 18.0. The van der Waals surface area contributed by atoms with Crippen LogP contribution in [0.15, 0.2) is 35.2 Å². The fraction of sp³-hybridized carbons (Fsp3) is 0.450. The van der Waals surface area contributed by atoms with Gasteiger partial charge in [0.05, 0.1) is 16.6 Å². The van der Waals surface area contributed by atoms with Gasteiger partial charge in [-0.2, -0.15) is 9.40 Å². The normalized spacial score (nSPS) is 17.3. The summed E-state index contributed by atoms with van der Waals surface area (Å²) >= 11 is 0. The monoisotopic (exact) mass is 433 g/mol. The van der Waals surface area contributed by atoms with Crippen LogP contribution in [0.5, 0.6) is 0 Å². The molecule has 2 aromatic rings. The first kappa shape index (κ1) is 22.0. The number of piperidine rings is 1. The molecule has 30 heavy (non-hydrogen) atoms. The van der Waals surface area contributed by atoms with Gasteiger partial charge in [-0.15, -0.1) is 0 Å². The third-order valence-electron chi connectivity index (χ3n) is 5.42. The van der Waals surface area contributed by atoms with Crippen molar-refractivity contribution in [3.05, 3.63) is 47.3 Å². The van der Waals surface area contributed by atoms with Crippen molar-refractivity contribution in [2.45, 2.75) is 44.0 Å². The molecule has 10 heteroatoms. The highest BCUT2D eigenvalue weighted by Crippen LogP contribution is 2.31. The highest BCUT2D eigenvalue weighted by molar-refractivity contribution is 7.89. The van der Waals surface area contributed by atoms with Crippen molar-refractivity contribution < 1.29 is 18.0 Å². The Morgan fingerprint density at radius 3 is 2.43 bits per heavy atom. The van der Waals surface area contributed by atoms with Crippen LogP contribution in [0.4, 0.5) is 0 Å². The average Bonchev–Trinajstić information content (AvgIpc) is 3.24. The third kappa shape index (κ3) is 4.24. The number of sulfonamides is 1. The van der Waals surface area contributed by atoms with Crippen LogP contribution >= 0.6 is 0 Å². The minimum atomic E-state index is -3.58. The van der Waals surface area contributed by atoms with Crippen LogP contribution in [-0.2, 0) is 10.0 Å². The number of rotatable bonds is 7. The van der Waals surface area contributed by atoms with Gasteiger partial charge in [-0.1, -0.05) is 13.8 Å². The number of nitrogens with zero attached hydrogens (tertiary/aromatic N) is 3. The minimum Gasteiger partial charge on any atom is -0.364 e. The summed E-state index contributed by atoms with van der Waals surface area (Å²) in [6.07, 6.45) is 2.55. The van der Waals surface area contributed by atoms with Crippen LogP contribution in [0.1, 0.15) is 65.7 Å². The molecule has 3 N–H and O–H groups in total. The molecular formula is C20H27N5O4S. The number of aromatic amines is 1. The molecule has 0 radical (unpaired) electrons. The van der Waals surface area contributed by atoms with E-state index in [-0.39, 0.29) is 22.5 Å². The smallest absolute Gasteiger partial charge is 0.269 e. The fourth-order valence-electron chi connectivity index (χ4n) is 3.78. The Balaban J connectivity index is 1.84. The summed E-state index contributed by atoms with van der Waals surface area (Å²) in [5.74, 6) is -0.821. The van der Waals surface area contributed by atoms with Gasteiger partial charge in [-0.3, -0.25) is 14.7 Å². The average molecular weight is 434 g/mol. The fourth-order valence-corrected chi connectivity index (χ4v) is 5.24. The van der Waals surface area contributed by atoms with Crippen LogP contribution in [0, 0.1) is 0 Å². The Labute approximate surface area is 176 Å². The third-order valence-corrected chi connectivity index (χ3v) is 7.48. The number of benzene rings is 1. The summed E-state index contributed by atoms with van der Waals surface area (Å²) in [6.45, 7) is 4.90. The molecule has 162 valence electrons. The molecule has 1 aromatic carbocycles. The molecule has 1 aliphatic heterocycles. The molecule has 2 amide bonds. The van der Waals surface area contributed by atoms with E-state index < -0.39 is 15.9 Å². The van der Waals surface area contributed by atoms with Crippen molar-refractivity contribution in [3.8, 4) is 0 Å².